The Hall–Kier alpha value is -3.12. The molecule has 0 saturated heterocycles. The van der Waals surface area contributed by atoms with Crippen LogP contribution in [0.15, 0.2) is 52.9 Å². The van der Waals surface area contributed by atoms with Crippen molar-refractivity contribution in [2.24, 2.45) is 0 Å². The first kappa shape index (κ1) is 20.2. The minimum Gasteiger partial charge on any atom is -0.449 e. The zero-order chi connectivity index (χ0) is 21.1. The number of esters is 1. The van der Waals surface area contributed by atoms with Crippen LogP contribution in [0.1, 0.15) is 53.1 Å². The van der Waals surface area contributed by atoms with E-state index in [0.717, 1.165) is 30.2 Å². The lowest BCUT2D eigenvalue weighted by molar-refractivity contribution is -0.130. The molecule has 1 aromatic heterocycles. The number of furan rings is 1. The highest BCUT2D eigenvalue weighted by molar-refractivity contribution is 5.97. The number of nitrogens with one attached hydrogen (secondary N) is 1. The fourth-order valence-electron chi connectivity index (χ4n) is 4.01. The first-order valence-electron chi connectivity index (χ1n) is 10.2. The Bertz CT molecular complexity index is 1070. The van der Waals surface area contributed by atoms with Crippen molar-refractivity contribution in [1.29, 1.82) is 0 Å². The van der Waals surface area contributed by atoms with Gasteiger partial charge in [0.1, 0.15) is 5.58 Å². The second-order valence-corrected chi connectivity index (χ2v) is 7.54. The van der Waals surface area contributed by atoms with Crippen molar-refractivity contribution in [3.8, 4) is 0 Å². The second-order valence-electron chi connectivity index (χ2n) is 7.54. The molecule has 0 radical (unpaired) electrons. The summed E-state index contributed by atoms with van der Waals surface area (Å²) < 4.78 is 16.4. The number of hydrogen-bond acceptors (Lipinski definition) is 5. The van der Waals surface area contributed by atoms with Gasteiger partial charge in [0.2, 0.25) is 5.76 Å². The zero-order valence-corrected chi connectivity index (χ0v) is 17.1. The van der Waals surface area contributed by atoms with Crippen molar-refractivity contribution in [2.45, 2.75) is 44.9 Å². The third-order valence-electron chi connectivity index (χ3n) is 5.51. The van der Waals surface area contributed by atoms with Gasteiger partial charge in [-0.05, 0) is 43.4 Å². The summed E-state index contributed by atoms with van der Waals surface area (Å²) in [4.78, 5) is 25.5. The number of rotatable bonds is 6. The zero-order valence-electron chi connectivity index (χ0n) is 17.1. The fourth-order valence-corrected chi connectivity index (χ4v) is 4.01. The molecule has 30 heavy (non-hydrogen) atoms. The van der Waals surface area contributed by atoms with Crippen LogP contribution in [0.5, 0.6) is 0 Å². The van der Waals surface area contributed by atoms with Crippen LogP contribution in [-0.4, -0.2) is 25.1 Å². The molecule has 2 atom stereocenters. The second kappa shape index (κ2) is 8.71. The lowest BCUT2D eigenvalue weighted by Gasteiger charge is -2.27. The average Bonchev–Trinajstić information content (AvgIpc) is 3.13. The highest BCUT2D eigenvalue weighted by atomic mass is 16.6. The van der Waals surface area contributed by atoms with Gasteiger partial charge in [-0.25, -0.2) is 4.79 Å². The predicted octanol–water partition coefficient (Wildman–Crippen LogP) is 4.32. The number of para-hydroxylation sites is 1. The summed E-state index contributed by atoms with van der Waals surface area (Å²) in [6, 6.07) is 15.4. The van der Waals surface area contributed by atoms with Crippen molar-refractivity contribution >= 4 is 22.8 Å². The Kier molecular flexibility index (Phi) is 5.86. The van der Waals surface area contributed by atoms with Gasteiger partial charge in [0.25, 0.3) is 5.91 Å². The molecule has 1 amide bonds. The maximum absolute atomic E-state index is 12.8. The molecular weight excluding hydrogens is 382 g/mol. The van der Waals surface area contributed by atoms with E-state index in [9.17, 15) is 9.59 Å². The topological polar surface area (TPSA) is 77.8 Å². The molecular formula is C24H25NO5. The molecule has 2 aromatic carbocycles. The molecule has 0 saturated carbocycles. The number of fused-ring (bicyclic) bond motifs is 2. The Labute approximate surface area is 175 Å². The number of methoxy groups -OCH3 is 1. The normalized spacial score (nSPS) is 16.7. The molecule has 156 valence electrons. The van der Waals surface area contributed by atoms with E-state index in [-0.39, 0.29) is 24.3 Å². The Morgan fingerprint density at radius 3 is 2.77 bits per heavy atom. The average molecular weight is 407 g/mol. The summed E-state index contributed by atoms with van der Waals surface area (Å²) >= 11 is 0. The van der Waals surface area contributed by atoms with E-state index < -0.39 is 12.1 Å². The van der Waals surface area contributed by atoms with Gasteiger partial charge in [0, 0.05) is 18.1 Å². The number of benzene rings is 2. The number of ether oxygens (including phenoxy) is 2. The molecule has 3 aromatic rings. The summed E-state index contributed by atoms with van der Waals surface area (Å²) in [5, 5.41) is 3.82. The van der Waals surface area contributed by atoms with E-state index in [4.69, 9.17) is 13.9 Å². The van der Waals surface area contributed by atoms with E-state index >= 15 is 0 Å². The van der Waals surface area contributed by atoms with Crippen LogP contribution < -0.4 is 5.32 Å². The molecule has 6 heteroatoms. The van der Waals surface area contributed by atoms with Crippen LogP contribution in [0.3, 0.4) is 0 Å². The van der Waals surface area contributed by atoms with E-state index in [1.807, 2.05) is 36.4 Å². The number of amides is 1. The van der Waals surface area contributed by atoms with E-state index in [1.54, 1.807) is 20.1 Å². The van der Waals surface area contributed by atoms with Gasteiger partial charge < -0.3 is 19.2 Å². The molecule has 1 aliphatic carbocycles. The molecule has 4 rings (SSSR count). The lowest BCUT2D eigenvalue weighted by atomic mass is 9.87. The van der Waals surface area contributed by atoms with Crippen LogP contribution in [-0.2, 0) is 27.3 Å². The maximum Gasteiger partial charge on any atom is 0.375 e. The quantitative estimate of drug-likeness (QED) is 0.616. The summed E-state index contributed by atoms with van der Waals surface area (Å²) in [5.41, 5.74) is 3.58. The highest BCUT2D eigenvalue weighted by Gasteiger charge is 2.28. The molecule has 1 N–H and O–H groups in total. The molecule has 0 unspecified atom stereocenters. The third-order valence-corrected chi connectivity index (χ3v) is 5.51. The van der Waals surface area contributed by atoms with E-state index in [0.29, 0.717) is 11.1 Å². The maximum atomic E-state index is 12.8. The van der Waals surface area contributed by atoms with Gasteiger partial charge in [0.15, 0.2) is 6.10 Å². The summed E-state index contributed by atoms with van der Waals surface area (Å²) in [7, 11) is 1.55. The monoisotopic (exact) mass is 407 g/mol. The van der Waals surface area contributed by atoms with Crippen molar-refractivity contribution in [3.63, 3.8) is 0 Å². The molecule has 0 spiro atoms. The minimum atomic E-state index is -0.949. The smallest absolute Gasteiger partial charge is 0.375 e. The Morgan fingerprint density at radius 1 is 1.17 bits per heavy atom. The van der Waals surface area contributed by atoms with Gasteiger partial charge in [-0.15, -0.1) is 0 Å². The van der Waals surface area contributed by atoms with Crippen LogP contribution in [0.25, 0.3) is 11.0 Å². The molecule has 0 aliphatic heterocycles. The van der Waals surface area contributed by atoms with Crippen LogP contribution in [0, 0.1) is 0 Å². The molecule has 1 aliphatic rings. The van der Waals surface area contributed by atoms with Gasteiger partial charge >= 0.3 is 5.97 Å². The standard InChI is InChI=1S/C24H25NO5/c1-15(23(26)25-20-12-7-9-16-8-3-4-10-17(16)20)29-24(27)22-19(14-28-2)18-11-5-6-13-21(18)30-22/h3-6,8,10-11,13,15,20H,7,9,12,14H2,1-2H3,(H,25,26)/t15-,20+/m1/s1. The number of carbonyl (C=O) groups excluding carboxylic acids is 2. The van der Waals surface area contributed by atoms with E-state index in [1.165, 1.54) is 5.56 Å². The largest absolute Gasteiger partial charge is 0.449 e. The summed E-state index contributed by atoms with van der Waals surface area (Å²) in [6.07, 6.45) is 1.94. The van der Waals surface area contributed by atoms with Gasteiger partial charge in [-0.1, -0.05) is 42.5 Å². The first-order chi connectivity index (χ1) is 14.6. The number of hydrogen-bond donors (Lipinski definition) is 1. The third kappa shape index (κ3) is 3.96. The first-order valence-corrected chi connectivity index (χ1v) is 10.2. The van der Waals surface area contributed by atoms with Gasteiger partial charge in [0.05, 0.1) is 12.6 Å². The van der Waals surface area contributed by atoms with Crippen molar-refractivity contribution in [2.75, 3.05) is 7.11 Å². The highest BCUT2D eigenvalue weighted by Crippen LogP contribution is 2.30. The molecule has 6 nitrogen and oxygen atoms in total. The number of carbonyl (C=O) groups is 2. The van der Waals surface area contributed by atoms with Gasteiger partial charge in [-0.2, -0.15) is 0 Å². The van der Waals surface area contributed by atoms with Crippen molar-refractivity contribution in [1.82, 2.24) is 5.32 Å². The Balaban J connectivity index is 1.47. The number of aryl methyl sites for hydroxylation is 1. The fraction of sp³-hybridized carbons (Fsp3) is 0.333. The van der Waals surface area contributed by atoms with Crippen LogP contribution >= 0.6 is 0 Å². The molecule has 0 fully saturated rings. The van der Waals surface area contributed by atoms with Crippen LogP contribution in [0.2, 0.25) is 0 Å². The molecule has 0 bridgehead atoms. The predicted molar refractivity (Wildman–Crippen MR) is 112 cm³/mol. The van der Waals surface area contributed by atoms with E-state index in [2.05, 4.69) is 11.4 Å². The van der Waals surface area contributed by atoms with Gasteiger partial charge in [-0.3, -0.25) is 4.79 Å². The van der Waals surface area contributed by atoms with Crippen molar-refractivity contribution < 1.29 is 23.5 Å². The summed E-state index contributed by atoms with van der Waals surface area (Å²) in [5.74, 6) is -0.930. The van der Waals surface area contributed by atoms with Crippen LogP contribution in [0.4, 0.5) is 0 Å². The van der Waals surface area contributed by atoms with Crippen molar-refractivity contribution in [3.05, 3.63) is 71.0 Å². The SMILES string of the molecule is COCc1c(C(=O)O[C@H](C)C(=O)N[C@H]2CCCc3ccccc32)oc2ccccc12. The molecule has 1 heterocycles. The minimum absolute atomic E-state index is 0.0701. The summed E-state index contributed by atoms with van der Waals surface area (Å²) in [6.45, 7) is 1.78. The Morgan fingerprint density at radius 2 is 1.93 bits per heavy atom. The lowest BCUT2D eigenvalue weighted by Crippen LogP contribution is -2.39.